The van der Waals surface area contributed by atoms with Crippen molar-refractivity contribution in [2.24, 2.45) is 12.8 Å². The summed E-state index contributed by atoms with van der Waals surface area (Å²) in [5, 5.41) is 11.1. The molecule has 34 heavy (non-hydrogen) atoms. The van der Waals surface area contributed by atoms with Gasteiger partial charge in [-0.05, 0) is 48.1 Å². The van der Waals surface area contributed by atoms with E-state index in [-0.39, 0.29) is 32.0 Å². The van der Waals surface area contributed by atoms with Crippen LogP contribution in [-0.2, 0) is 19.8 Å². The number of rotatable bonds is 5. The fourth-order valence-corrected chi connectivity index (χ4v) is 5.33. The Hall–Kier alpha value is -3.01. The summed E-state index contributed by atoms with van der Waals surface area (Å²) in [6, 6.07) is 0.893. The number of carbonyl (C=O) groups excluding carboxylic acids is 2. The lowest BCUT2D eigenvalue weighted by Gasteiger charge is -2.12. The number of thiophene rings is 1. The number of nitrogens with two attached hydrogens (primary N) is 1. The number of nitrogens with zero attached hydrogens (tertiary/aromatic N) is 5. The summed E-state index contributed by atoms with van der Waals surface area (Å²) in [5.41, 5.74) is 5.63. The molecule has 0 saturated heterocycles. The average Bonchev–Trinajstić information content (AvgIpc) is 3.41. The third-order valence-electron chi connectivity index (χ3n) is 5.11. The molecule has 2 amide bonds. The van der Waals surface area contributed by atoms with E-state index in [1.807, 2.05) is 29.5 Å². The molecule has 4 aromatic rings. The molecule has 4 heterocycles. The van der Waals surface area contributed by atoms with Crippen molar-refractivity contribution in [1.29, 1.82) is 0 Å². The van der Waals surface area contributed by atoms with E-state index < -0.39 is 23.7 Å². The number of aryl methyl sites for hydroxylation is 2. The number of amides is 2. The Labute approximate surface area is 208 Å². The molecule has 0 aliphatic rings. The standard InChI is InChI=1S/C20H17F3IN7O2S/c1-4-31-8(2)10(6-26-31)9-5-12(20(21,22)23)27-19-13(9)15(16(34-19)17(25)32)28-18(33)14-11(24)7-30(3)29-14/h5-7H,4H2,1-3H3,(H2,25,32)(H,28,33). The second-order valence-corrected chi connectivity index (χ2v) is 9.48. The highest BCUT2D eigenvalue weighted by molar-refractivity contribution is 14.1. The van der Waals surface area contributed by atoms with Crippen LogP contribution in [0.15, 0.2) is 18.5 Å². The van der Waals surface area contributed by atoms with Gasteiger partial charge in [0.15, 0.2) is 5.69 Å². The summed E-state index contributed by atoms with van der Waals surface area (Å²) < 4.78 is 44.7. The molecular formula is C20H17F3IN7O2S. The largest absolute Gasteiger partial charge is 0.433 e. The topological polar surface area (TPSA) is 121 Å². The van der Waals surface area contributed by atoms with Crippen molar-refractivity contribution in [3.05, 3.63) is 44.0 Å². The molecule has 3 N–H and O–H groups in total. The Morgan fingerprint density at radius 2 is 2.00 bits per heavy atom. The monoisotopic (exact) mass is 603 g/mol. The Balaban J connectivity index is 2.02. The number of hydrogen-bond acceptors (Lipinski definition) is 6. The maximum absolute atomic E-state index is 13.7. The zero-order chi connectivity index (χ0) is 24.9. The normalized spacial score (nSPS) is 11.9. The molecule has 0 aromatic carbocycles. The molecule has 0 aliphatic carbocycles. The summed E-state index contributed by atoms with van der Waals surface area (Å²) in [7, 11) is 1.64. The number of anilines is 1. The van der Waals surface area contributed by atoms with Gasteiger partial charge in [-0.3, -0.25) is 19.0 Å². The van der Waals surface area contributed by atoms with Gasteiger partial charge >= 0.3 is 6.18 Å². The number of carbonyl (C=O) groups is 2. The van der Waals surface area contributed by atoms with Crippen molar-refractivity contribution in [3.8, 4) is 11.1 Å². The maximum Gasteiger partial charge on any atom is 0.433 e. The van der Waals surface area contributed by atoms with Gasteiger partial charge in [-0.1, -0.05) is 0 Å². The second-order valence-electron chi connectivity index (χ2n) is 7.32. The first-order valence-corrected chi connectivity index (χ1v) is 11.7. The molecule has 4 rings (SSSR count). The van der Waals surface area contributed by atoms with Crippen molar-refractivity contribution in [2.45, 2.75) is 26.6 Å². The van der Waals surface area contributed by atoms with Crippen molar-refractivity contribution in [3.63, 3.8) is 0 Å². The lowest BCUT2D eigenvalue weighted by atomic mass is 10.0. The second kappa shape index (κ2) is 8.65. The van der Waals surface area contributed by atoms with E-state index in [0.717, 1.165) is 6.07 Å². The van der Waals surface area contributed by atoms with Crippen LogP contribution >= 0.6 is 33.9 Å². The van der Waals surface area contributed by atoms with Crippen LogP contribution in [0.3, 0.4) is 0 Å². The molecule has 0 atom stereocenters. The van der Waals surface area contributed by atoms with Crippen LogP contribution < -0.4 is 11.1 Å². The first-order chi connectivity index (χ1) is 15.9. The molecule has 0 saturated carbocycles. The van der Waals surface area contributed by atoms with Gasteiger partial charge in [0.05, 0.1) is 15.5 Å². The van der Waals surface area contributed by atoms with Crippen LogP contribution in [0.25, 0.3) is 21.3 Å². The summed E-state index contributed by atoms with van der Waals surface area (Å²) in [6.07, 6.45) is -1.66. The Morgan fingerprint density at radius 1 is 1.29 bits per heavy atom. The lowest BCUT2D eigenvalue weighted by molar-refractivity contribution is -0.140. The fourth-order valence-electron chi connectivity index (χ4n) is 3.56. The van der Waals surface area contributed by atoms with Crippen LogP contribution in [0.5, 0.6) is 0 Å². The molecule has 0 fully saturated rings. The van der Waals surface area contributed by atoms with Crippen LogP contribution in [0.4, 0.5) is 18.9 Å². The molecular weight excluding hydrogens is 586 g/mol. The quantitative estimate of drug-likeness (QED) is 0.332. The zero-order valence-corrected chi connectivity index (χ0v) is 21.0. The van der Waals surface area contributed by atoms with E-state index in [1.165, 1.54) is 10.9 Å². The van der Waals surface area contributed by atoms with Gasteiger partial charge in [0.2, 0.25) is 0 Å². The van der Waals surface area contributed by atoms with Crippen LogP contribution in [0.1, 0.15) is 38.5 Å². The van der Waals surface area contributed by atoms with Crippen LogP contribution in [-0.4, -0.2) is 36.4 Å². The molecule has 4 aromatic heterocycles. The van der Waals surface area contributed by atoms with E-state index in [1.54, 1.807) is 24.9 Å². The highest BCUT2D eigenvalue weighted by Gasteiger charge is 2.35. The molecule has 0 unspecified atom stereocenters. The predicted molar refractivity (Wildman–Crippen MR) is 129 cm³/mol. The van der Waals surface area contributed by atoms with Gasteiger partial charge < -0.3 is 11.1 Å². The summed E-state index contributed by atoms with van der Waals surface area (Å²) in [4.78, 5) is 28.7. The number of hydrogen-bond donors (Lipinski definition) is 2. The minimum absolute atomic E-state index is 0.0150. The Bertz CT molecular complexity index is 1450. The maximum atomic E-state index is 13.7. The molecule has 9 nitrogen and oxygen atoms in total. The molecule has 0 radical (unpaired) electrons. The van der Waals surface area contributed by atoms with Gasteiger partial charge in [0.25, 0.3) is 11.8 Å². The van der Waals surface area contributed by atoms with E-state index in [0.29, 0.717) is 32.7 Å². The number of pyridine rings is 1. The summed E-state index contributed by atoms with van der Waals surface area (Å²) in [6.45, 7) is 4.08. The third kappa shape index (κ3) is 4.15. The van der Waals surface area contributed by atoms with E-state index in [4.69, 9.17) is 5.73 Å². The van der Waals surface area contributed by atoms with Crippen LogP contribution in [0, 0.1) is 10.5 Å². The number of aromatic nitrogens is 5. The Kier molecular flexibility index (Phi) is 6.14. The number of fused-ring (bicyclic) bond motifs is 1. The van der Waals surface area contributed by atoms with Gasteiger partial charge in [-0.15, -0.1) is 11.3 Å². The smallest absolute Gasteiger partial charge is 0.365 e. The average molecular weight is 603 g/mol. The molecule has 0 bridgehead atoms. The van der Waals surface area contributed by atoms with Crippen molar-refractivity contribution >= 4 is 61.6 Å². The third-order valence-corrected chi connectivity index (χ3v) is 6.99. The van der Waals surface area contributed by atoms with Crippen molar-refractivity contribution in [2.75, 3.05) is 5.32 Å². The number of halogens is 4. The van der Waals surface area contributed by atoms with Gasteiger partial charge in [0.1, 0.15) is 15.4 Å². The van der Waals surface area contributed by atoms with E-state index in [2.05, 4.69) is 20.5 Å². The molecule has 178 valence electrons. The fraction of sp³-hybridized carbons (Fsp3) is 0.250. The predicted octanol–water partition coefficient (Wildman–Crippen LogP) is 4.20. The molecule has 0 aliphatic heterocycles. The summed E-state index contributed by atoms with van der Waals surface area (Å²) >= 11 is 2.62. The first-order valence-electron chi connectivity index (χ1n) is 9.80. The van der Waals surface area contributed by atoms with Crippen molar-refractivity contribution < 1.29 is 22.8 Å². The minimum atomic E-state index is -4.73. The SMILES string of the molecule is CCn1ncc(-c2cc(C(F)(F)F)nc3sc(C(N)=O)c(NC(=O)c4nn(C)cc4I)c23)c1C. The van der Waals surface area contributed by atoms with E-state index in [9.17, 15) is 22.8 Å². The lowest BCUT2D eigenvalue weighted by Crippen LogP contribution is -2.18. The highest BCUT2D eigenvalue weighted by Crippen LogP contribution is 2.44. The number of primary amides is 1. The Morgan fingerprint density at radius 3 is 2.53 bits per heavy atom. The molecule has 14 heteroatoms. The van der Waals surface area contributed by atoms with Gasteiger partial charge in [-0.25, -0.2) is 4.98 Å². The van der Waals surface area contributed by atoms with Gasteiger partial charge in [-0.2, -0.15) is 23.4 Å². The van der Waals surface area contributed by atoms with Gasteiger partial charge in [0, 0.05) is 36.4 Å². The first kappa shape index (κ1) is 24.1. The number of nitrogens with one attached hydrogen (secondary N) is 1. The van der Waals surface area contributed by atoms with Crippen molar-refractivity contribution in [1.82, 2.24) is 24.5 Å². The van der Waals surface area contributed by atoms with Crippen LogP contribution in [0.2, 0.25) is 0 Å². The zero-order valence-electron chi connectivity index (χ0n) is 18.0. The molecule has 0 spiro atoms. The number of alkyl halides is 3. The minimum Gasteiger partial charge on any atom is -0.365 e. The van der Waals surface area contributed by atoms with E-state index >= 15 is 0 Å². The highest BCUT2D eigenvalue weighted by atomic mass is 127. The summed E-state index contributed by atoms with van der Waals surface area (Å²) in [5.74, 6) is -1.55.